The minimum atomic E-state index is -1.28. The van der Waals surface area contributed by atoms with Gasteiger partial charge in [-0.25, -0.2) is 15.0 Å². The molecular formula is C32H29Cl2N7O4. The predicted octanol–water partition coefficient (Wildman–Crippen LogP) is 6.23. The molecule has 1 aliphatic rings. The number of hydroxylamine groups is 2. The topological polar surface area (TPSA) is 130 Å². The first kappa shape index (κ1) is 31.5. The lowest BCUT2D eigenvalue weighted by molar-refractivity contribution is -0.124. The lowest BCUT2D eigenvalue weighted by Crippen LogP contribution is -2.58. The van der Waals surface area contributed by atoms with Crippen LogP contribution < -0.4 is 15.6 Å². The number of hydrogen-bond acceptors (Lipinski definition) is 6. The van der Waals surface area contributed by atoms with E-state index in [1.54, 1.807) is 86.9 Å². The fourth-order valence-electron chi connectivity index (χ4n) is 4.99. The molecule has 0 saturated carbocycles. The van der Waals surface area contributed by atoms with Crippen molar-refractivity contribution in [3.63, 3.8) is 0 Å². The number of urea groups is 2. The third-order valence-electron chi connectivity index (χ3n) is 7.24. The summed E-state index contributed by atoms with van der Waals surface area (Å²) < 4.78 is 0. The highest BCUT2D eigenvalue weighted by atomic mass is 35.5. The van der Waals surface area contributed by atoms with Crippen LogP contribution in [0.5, 0.6) is 0 Å². The van der Waals surface area contributed by atoms with Crippen LogP contribution in [0.1, 0.15) is 25.0 Å². The van der Waals surface area contributed by atoms with Gasteiger partial charge in [0.05, 0.1) is 11.3 Å². The predicted molar refractivity (Wildman–Crippen MR) is 172 cm³/mol. The second-order valence-corrected chi connectivity index (χ2v) is 11.5. The first-order chi connectivity index (χ1) is 21.6. The fourth-order valence-corrected chi connectivity index (χ4v) is 5.25. The zero-order valence-electron chi connectivity index (χ0n) is 24.3. The van der Waals surface area contributed by atoms with Crippen molar-refractivity contribution in [3.05, 3.63) is 125 Å². The van der Waals surface area contributed by atoms with E-state index in [0.717, 1.165) is 11.1 Å². The van der Waals surface area contributed by atoms with Crippen LogP contribution in [0.3, 0.4) is 0 Å². The van der Waals surface area contributed by atoms with Gasteiger partial charge in [-0.1, -0.05) is 53.5 Å². The molecule has 1 fully saturated rings. The van der Waals surface area contributed by atoms with Gasteiger partial charge in [-0.15, -0.1) is 0 Å². The Hall–Kier alpha value is -4.97. The first-order valence-electron chi connectivity index (χ1n) is 13.8. The van der Waals surface area contributed by atoms with E-state index >= 15 is 0 Å². The Morgan fingerprint density at radius 2 is 1.49 bits per heavy atom. The number of anilines is 2. The highest BCUT2D eigenvalue weighted by molar-refractivity contribution is 6.31. The van der Waals surface area contributed by atoms with Crippen LogP contribution in [0.15, 0.2) is 108 Å². The highest BCUT2D eigenvalue weighted by Gasteiger charge is 2.56. The Labute approximate surface area is 269 Å². The summed E-state index contributed by atoms with van der Waals surface area (Å²) in [5.41, 5.74) is 4.00. The van der Waals surface area contributed by atoms with E-state index in [2.05, 4.69) is 20.8 Å². The standard InChI is InChI=1S/C32H29Cl2N7O4/c1-32(2)29(41(45)30(43)36-25-12-8-23(33)9-13-25)40(26-14-10-24(34)11-15-26)31(44)39(32)20-27(42)37-38-28(21-6-4-3-5-7-21)22-16-18-35-19-17-22/h3-19,29,45H,20H2,1-2H3,(H,36,43)(H,37,42)/b38-28+. The number of nitrogens with zero attached hydrogens (tertiary/aromatic N) is 5. The molecule has 11 nitrogen and oxygen atoms in total. The molecule has 3 aromatic carbocycles. The largest absolute Gasteiger partial charge is 0.347 e. The zero-order valence-corrected chi connectivity index (χ0v) is 25.8. The van der Waals surface area contributed by atoms with Crippen molar-refractivity contribution in [2.75, 3.05) is 16.8 Å². The number of rotatable bonds is 8. The number of hydrazone groups is 1. The highest BCUT2D eigenvalue weighted by Crippen LogP contribution is 2.38. The van der Waals surface area contributed by atoms with Gasteiger partial charge in [0, 0.05) is 44.9 Å². The lowest BCUT2D eigenvalue weighted by Gasteiger charge is -2.38. The van der Waals surface area contributed by atoms with Crippen LogP contribution in [0.2, 0.25) is 10.0 Å². The van der Waals surface area contributed by atoms with Crippen molar-refractivity contribution in [2.24, 2.45) is 5.10 Å². The summed E-state index contributed by atoms with van der Waals surface area (Å²) in [4.78, 5) is 47.1. The number of carbonyl (C=O) groups excluding carboxylic acids is 3. The van der Waals surface area contributed by atoms with Gasteiger partial charge in [-0.2, -0.15) is 10.2 Å². The number of amides is 5. The van der Waals surface area contributed by atoms with Crippen molar-refractivity contribution in [1.29, 1.82) is 0 Å². The second kappa shape index (κ2) is 13.3. The molecule has 230 valence electrons. The summed E-state index contributed by atoms with van der Waals surface area (Å²) in [7, 11) is 0. The van der Waals surface area contributed by atoms with Crippen LogP contribution in [0, 0.1) is 0 Å². The minimum absolute atomic E-state index is 0.353. The van der Waals surface area contributed by atoms with Crippen molar-refractivity contribution in [1.82, 2.24) is 20.4 Å². The maximum atomic E-state index is 14.0. The molecule has 1 unspecified atom stereocenters. The van der Waals surface area contributed by atoms with Crippen molar-refractivity contribution in [2.45, 2.75) is 25.6 Å². The summed E-state index contributed by atoms with van der Waals surface area (Å²) >= 11 is 12.0. The van der Waals surface area contributed by atoms with Gasteiger partial charge >= 0.3 is 12.1 Å². The van der Waals surface area contributed by atoms with Gasteiger partial charge in [-0.3, -0.25) is 19.9 Å². The quantitative estimate of drug-likeness (QED) is 0.119. The van der Waals surface area contributed by atoms with E-state index < -0.39 is 36.2 Å². The molecule has 1 aromatic heterocycles. The molecular weight excluding hydrogens is 617 g/mol. The van der Waals surface area contributed by atoms with E-state index in [1.165, 1.54) is 9.80 Å². The van der Waals surface area contributed by atoms with Crippen molar-refractivity contribution >= 4 is 58.3 Å². The maximum absolute atomic E-state index is 14.0. The lowest BCUT2D eigenvalue weighted by atomic mass is 9.99. The van der Waals surface area contributed by atoms with E-state index in [-0.39, 0.29) is 0 Å². The molecule has 5 amide bonds. The van der Waals surface area contributed by atoms with Crippen molar-refractivity contribution in [3.8, 4) is 0 Å². The van der Waals surface area contributed by atoms with E-state index in [1.807, 2.05) is 30.3 Å². The molecule has 4 aromatic rings. The third kappa shape index (κ3) is 6.91. The Bertz CT molecular complexity index is 1660. The maximum Gasteiger partial charge on any atom is 0.347 e. The Balaban J connectivity index is 1.42. The molecule has 0 bridgehead atoms. The Morgan fingerprint density at radius 3 is 2.11 bits per heavy atom. The van der Waals surface area contributed by atoms with Crippen LogP contribution in [0.25, 0.3) is 0 Å². The summed E-state index contributed by atoms with van der Waals surface area (Å²) in [5.74, 6) is -0.592. The molecule has 3 N–H and O–H groups in total. The molecule has 13 heteroatoms. The summed E-state index contributed by atoms with van der Waals surface area (Å²) in [6, 6.07) is 24.0. The van der Waals surface area contributed by atoms with Crippen LogP contribution in [0.4, 0.5) is 21.0 Å². The molecule has 45 heavy (non-hydrogen) atoms. The van der Waals surface area contributed by atoms with Crippen LogP contribution in [-0.2, 0) is 4.79 Å². The van der Waals surface area contributed by atoms with Crippen molar-refractivity contribution < 1.29 is 19.6 Å². The number of carbonyl (C=O) groups is 3. The molecule has 2 heterocycles. The van der Waals surface area contributed by atoms with Crippen LogP contribution >= 0.6 is 23.2 Å². The summed E-state index contributed by atoms with van der Waals surface area (Å²) in [6.07, 6.45) is 1.98. The van der Waals surface area contributed by atoms with E-state index in [9.17, 15) is 19.6 Å². The zero-order chi connectivity index (χ0) is 32.1. The number of hydrogen-bond donors (Lipinski definition) is 3. The molecule has 5 rings (SSSR count). The number of nitrogens with one attached hydrogen (secondary N) is 2. The van der Waals surface area contributed by atoms with E-state index in [4.69, 9.17) is 23.2 Å². The van der Waals surface area contributed by atoms with Gasteiger partial charge in [-0.05, 0) is 74.5 Å². The number of pyridine rings is 1. The van der Waals surface area contributed by atoms with Gasteiger partial charge in [0.25, 0.3) is 5.91 Å². The number of benzene rings is 3. The van der Waals surface area contributed by atoms with Gasteiger partial charge in [0.1, 0.15) is 6.54 Å². The third-order valence-corrected chi connectivity index (χ3v) is 7.75. The molecule has 1 aliphatic heterocycles. The SMILES string of the molecule is CC1(C)C(N(O)C(=O)Nc2ccc(Cl)cc2)N(c2ccc(Cl)cc2)C(=O)N1CC(=O)N/N=C(\c1ccccc1)c1ccncc1. The average Bonchev–Trinajstić information content (AvgIpc) is 3.23. The molecule has 0 aliphatic carbocycles. The molecule has 1 saturated heterocycles. The average molecular weight is 647 g/mol. The molecule has 0 radical (unpaired) electrons. The van der Waals surface area contributed by atoms with Gasteiger partial charge in [0.15, 0.2) is 6.17 Å². The normalized spacial score (nSPS) is 16.0. The van der Waals surface area contributed by atoms with Gasteiger partial charge < -0.3 is 10.2 Å². The monoisotopic (exact) mass is 645 g/mol. The Morgan fingerprint density at radius 1 is 0.911 bits per heavy atom. The molecule has 0 spiro atoms. The summed E-state index contributed by atoms with van der Waals surface area (Å²) in [5, 5.41) is 19.6. The summed E-state index contributed by atoms with van der Waals surface area (Å²) in [6.45, 7) is 2.86. The molecule has 1 atom stereocenters. The van der Waals surface area contributed by atoms with Crippen LogP contribution in [-0.4, -0.2) is 62.1 Å². The second-order valence-electron chi connectivity index (χ2n) is 10.6. The number of aromatic nitrogens is 1. The van der Waals surface area contributed by atoms with E-state index in [0.29, 0.717) is 32.2 Å². The van der Waals surface area contributed by atoms with Gasteiger partial charge in [0.2, 0.25) is 0 Å². The first-order valence-corrected chi connectivity index (χ1v) is 14.6. The minimum Gasteiger partial charge on any atom is -0.306 e. The number of halogens is 2. The Kier molecular flexibility index (Phi) is 9.33. The fraction of sp³-hybridized carbons (Fsp3) is 0.156. The smallest absolute Gasteiger partial charge is 0.306 e.